The molecule has 122 valence electrons. The van der Waals surface area contributed by atoms with Crippen LogP contribution in [0, 0.1) is 0 Å². The van der Waals surface area contributed by atoms with Crippen molar-refractivity contribution in [2.75, 3.05) is 18.8 Å². The average molecular weight is 314 g/mol. The van der Waals surface area contributed by atoms with Crippen LogP contribution in [0.3, 0.4) is 0 Å². The topological polar surface area (TPSA) is 58.2 Å². The number of thiol groups is 1. The van der Waals surface area contributed by atoms with Gasteiger partial charge < -0.3 is 10.6 Å². The fourth-order valence-electron chi connectivity index (χ4n) is 1.86. The fraction of sp³-hybridized carbons (Fsp3) is 0.750. The molecule has 0 saturated carbocycles. The van der Waals surface area contributed by atoms with Gasteiger partial charge in [0.25, 0.3) is 0 Å². The van der Waals surface area contributed by atoms with Gasteiger partial charge in [-0.3, -0.25) is 9.59 Å². The number of hydrogen-bond acceptors (Lipinski definition) is 3. The molecule has 0 aliphatic carbocycles. The van der Waals surface area contributed by atoms with E-state index < -0.39 is 0 Å². The van der Waals surface area contributed by atoms with Crippen molar-refractivity contribution < 1.29 is 9.59 Å². The highest BCUT2D eigenvalue weighted by atomic mass is 32.1. The van der Waals surface area contributed by atoms with Crippen molar-refractivity contribution in [2.45, 2.75) is 58.3 Å². The van der Waals surface area contributed by atoms with E-state index in [1.807, 2.05) is 0 Å². The summed E-state index contributed by atoms with van der Waals surface area (Å²) >= 11 is 4.18. The maximum atomic E-state index is 11.6. The van der Waals surface area contributed by atoms with Gasteiger partial charge in [-0.05, 0) is 31.9 Å². The minimum atomic E-state index is -0.126. The molecule has 0 aromatic heterocycles. The summed E-state index contributed by atoms with van der Waals surface area (Å²) < 4.78 is 0. The number of rotatable bonds is 13. The summed E-state index contributed by atoms with van der Waals surface area (Å²) in [4.78, 5) is 22.8. The van der Waals surface area contributed by atoms with Crippen molar-refractivity contribution in [1.29, 1.82) is 0 Å². The van der Waals surface area contributed by atoms with Crippen LogP contribution < -0.4 is 10.6 Å². The first kappa shape index (κ1) is 20.0. The van der Waals surface area contributed by atoms with Crippen LogP contribution in [0.15, 0.2) is 12.2 Å². The van der Waals surface area contributed by atoms with Crippen molar-refractivity contribution in [3.05, 3.63) is 12.2 Å². The van der Waals surface area contributed by atoms with Gasteiger partial charge in [-0.15, -0.1) is 0 Å². The van der Waals surface area contributed by atoms with Crippen molar-refractivity contribution in [3.8, 4) is 0 Å². The third kappa shape index (κ3) is 13.8. The Kier molecular flexibility index (Phi) is 13.3. The van der Waals surface area contributed by atoms with Gasteiger partial charge in [0.2, 0.25) is 11.8 Å². The lowest BCUT2D eigenvalue weighted by atomic mass is 10.1. The van der Waals surface area contributed by atoms with Crippen molar-refractivity contribution in [2.24, 2.45) is 0 Å². The normalized spacial score (nSPS) is 10.2. The van der Waals surface area contributed by atoms with E-state index >= 15 is 0 Å². The Hall–Kier alpha value is -0.970. The van der Waals surface area contributed by atoms with Crippen molar-refractivity contribution in [1.82, 2.24) is 10.6 Å². The lowest BCUT2D eigenvalue weighted by Crippen LogP contribution is -2.29. The Labute approximate surface area is 134 Å². The number of carbonyl (C=O) groups excluding carboxylic acids is 2. The number of amides is 2. The summed E-state index contributed by atoms with van der Waals surface area (Å²) in [6, 6.07) is 0. The summed E-state index contributed by atoms with van der Waals surface area (Å²) in [6.07, 6.45) is 8.29. The Morgan fingerprint density at radius 1 is 0.905 bits per heavy atom. The van der Waals surface area contributed by atoms with Crippen LogP contribution in [0.1, 0.15) is 58.3 Å². The molecule has 0 aromatic rings. The van der Waals surface area contributed by atoms with E-state index in [-0.39, 0.29) is 11.8 Å². The van der Waals surface area contributed by atoms with Gasteiger partial charge >= 0.3 is 0 Å². The van der Waals surface area contributed by atoms with E-state index in [9.17, 15) is 9.59 Å². The molecule has 4 nitrogen and oxygen atoms in total. The first-order valence-corrected chi connectivity index (χ1v) is 8.52. The molecular formula is C16H30N2O2S. The molecule has 0 radical (unpaired) electrons. The summed E-state index contributed by atoms with van der Waals surface area (Å²) in [5, 5.41) is 5.61. The predicted octanol–water partition coefficient (Wildman–Crippen LogP) is 2.85. The van der Waals surface area contributed by atoms with Crippen LogP contribution in [0.25, 0.3) is 0 Å². The first-order chi connectivity index (χ1) is 10.1. The molecule has 0 bridgehead atoms. The van der Waals surface area contributed by atoms with Gasteiger partial charge in [-0.2, -0.15) is 12.6 Å². The molecule has 2 amide bonds. The van der Waals surface area contributed by atoms with E-state index in [2.05, 4.69) is 29.8 Å². The van der Waals surface area contributed by atoms with Crippen LogP contribution in [-0.4, -0.2) is 30.7 Å². The second-order valence-corrected chi connectivity index (χ2v) is 5.78. The minimum Gasteiger partial charge on any atom is -0.356 e. The van der Waals surface area contributed by atoms with Crippen molar-refractivity contribution in [3.63, 3.8) is 0 Å². The highest BCUT2D eigenvalue weighted by molar-refractivity contribution is 7.80. The molecule has 0 fully saturated rings. The lowest BCUT2D eigenvalue weighted by molar-refractivity contribution is -0.121. The molecule has 0 heterocycles. The third-order valence-electron chi connectivity index (χ3n) is 3.16. The fourth-order valence-corrected chi connectivity index (χ4v) is 2.09. The van der Waals surface area contributed by atoms with E-state index in [4.69, 9.17) is 0 Å². The summed E-state index contributed by atoms with van der Waals surface area (Å²) in [7, 11) is 0. The van der Waals surface area contributed by atoms with Crippen LogP contribution in [0.2, 0.25) is 0 Å². The Morgan fingerprint density at radius 2 is 1.48 bits per heavy atom. The van der Waals surface area contributed by atoms with Crippen LogP contribution >= 0.6 is 12.6 Å². The monoisotopic (exact) mass is 314 g/mol. The number of carbonyl (C=O) groups is 2. The van der Waals surface area contributed by atoms with Gasteiger partial charge in [0.15, 0.2) is 0 Å². The molecule has 5 heteroatoms. The Morgan fingerprint density at radius 3 is 2.10 bits per heavy atom. The molecule has 0 spiro atoms. The maximum absolute atomic E-state index is 11.6. The third-order valence-corrected chi connectivity index (χ3v) is 3.48. The second kappa shape index (κ2) is 14.0. The molecule has 0 aliphatic heterocycles. The van der Waals surface area contributed by atoms with Gasteiger partial charge in [0.05, 0.1) is 0 Å². The lowest BCUT2D eigenvalue weighted by Gasteiger charge is -2.06. The predicted molar refractivity (Wildman–Crippen MR) is 91.6 cm³/mol. The van der Waals surface area contributed by atoms with Crippen molar-refractivity contribution >= 4 is 24.4 Å². The van der Waals surface area contributed by atoms with Crippen LogP contribution in [0.5, 0.6) is 0 Å². The molecule has 21 heavy (non-hydrogen) atoms. The molecule has 0 aromatic carbocycles. The maximum Gasteiger partial charge on any atom is 0.246 e. The summed E-state index contributed by atoms with van der Waals surface area (Å²) in [6.45, 7) is 6.41. The summed E-state index contributed by atoms with van der Waals surface area (Å²) in [5.41, 5.74) is 0.508. The number of hydrogen-bond donors (Lipinski definition) is 3. The van der Waals surface area contributed by atoms with E-state index in [0.717, 1.165) is 25.0 Å². The van der Waals surface area contributed by atoms with Gasteiger partial charge in [-0.25, -0.2) is 0 Å². The van der Waals surface area contributed by atoms with Crippen LogP contribution in [0.4, 0.5) is 0 Å². The zero-order valence-corrected chi connectivity index (χ0v) is 14.1. The van der Waals surface area contributed by atoms with E-state index in [1.54, 1.807) is 6.92 Å². The number of unbranched alkanes of at least 4 members (excludes halogenated alkanes) is 5. The molecule has 0 saturated heterocycles. The zero-order valence-electron chi connectivity index (χ0n) is 13.2. The SMILES string of the molecule is C=C(C)C(=O)NCCCNC(=O)CCCCCCCCS. The molecule has 0 rings (SSSR count). The highest BCUT2D eigenvalue weighted by Crippen LogP contribution is 2.07. The Bertz CT molecular complexity index is 319. The molecule has 2 N–H and O–H groups in total. The van der Waals surface area contributed by atoms with E-state index in [0.29, 0.717) is 25.1 Å². The minimum absolute atomic E-state index is 0.108. The number of nitrogens with one attached hydrogen (secondary N) is 2. The Balaban J connectivity index is 3.31. The quantitative estimate of drug-likeness (QED) is 0.278. The van der Waals surface area contributed by atoms with Gasteiger partial charge in [0, 0.05) is 25.1 Å². The van der Waals surface area contributed by atoms with Crippen LogP contribution in [-0.2, 0) is 9.59 Å². The molecule has 0 unspecified atom stereocenters. The molecular weight excluding hydrogens is 284 g/mol. The average Bonchev–Trinajstić information content (AvgIpc) is 2.45. The molecule has 0 aliphatic rings. The van der Waals surface area contributed by atoms with E-state index in [1.165, 1.54) is 25.7 Å². The molecule has 0 atom stereocenters. The van der Waals surface area contributed by atoms with Gasteiger partial charge in [0.1, 0.15) is 0 Å². The van der Waals surface area contributed by atoms with Gasteiger partial charge in [-0.1, -0.05) is 32.3 Å². The zero-order chi connectivity index (χ0) is 15.9. The largest absolute Gasteiger partial charge is 0.356 e. The highest BCUT2D eigenvalue weighted by Gasteiger charge is 2.02. The smallest absolute Gasteiger partial charge is 0.246 e. The summed E-state index contributed by atoms with van der Waals surface area (Å²) in [5.74, 6) is 0.950. The first-order valence-electron chi connectivity index (χ1n) is 7.89. The second-order valence-electron chi connectivity index (χ2n) is 5.33. The standard InChI is InChI=1S/C16H30N2O2S/c1-14(2)16(20)18-12-9-11-17-15(19)10-7-5-3-4-6-8-13-21/h21H,1,3-13H2,2H3,(H,17,19)(H,18,20).